The van der Waals surface area contributed by atoms with Crippen molar-refractivity contribution in [2.45, 2.75) is 0 Å². The van der Waals surface area contributed by atoms with Crippen molar-refractivity contribution in [2.75, 3.05) is 0 Å². The Balaban J connectivity index is 1.16. The van der Waals surface area contributed by atoms with E-state index >= 15 is 0 Å². The fraction of sp³-hybridized carbons (Fsp3) is 0. The van der Waals surface area contributed by atoms with E-state index in [1.165, 1.54) is 64.4 Å². The summed E-state index contributed by atoms with van der Waals surface area (Å²) in [5.74, 6) is 1.84. The SMILES string of the molecule is c1ccc([Si]2(c3ccc(-n4c5ccccc5c5ccccc54)cc3)c3ccccc3Oc3cc(-n4c5ccccc5c5ccccc54)ccc32)cc1. The molecule has 0 fully saturated rings. The lowest BCUT2D eigenvalue weighted by atomic mass is 10.2. The number of para-hydroxylation sites is 5. The lowest BCUT2D eigenvalue weighted by Crippen LogP contribution is -2.76. The van der Waals surface area contributed by atoms with Gasteiger partial charge in [0.25, 0.3) is 0 Å². The zero-order chi connectivity index (χ0) is 34.2. The number of nitrogens with zero attached hydrogens (tertiary/aromatic N) is 2. The van der Waals surface area contributed by atoms with Gasteiger partial charge in [-0.15, -0.1) is 0 Å². The average Bonchev–Trinajstić information content (AvgIpc) is 3.73. The zero-order valence-electron chi connectivity index (χ0n) is 28.3. The Morgan fingerprint density at radius 2 is 0.750 bits per heavy atom. The summed E-state index contributed by atoms with van der Waals surface area (Å²) in [5.41, 5.74) is 7.05. The number of rotatable bonds is 4. The van der Waals surface area contributed by atoms with Crippen LogP contribution in [-0.4, -0.2) is 17.2 Å². The molecule has 2 aromatic heterocycles. The second-order valence-corrected chi connectivity index (χ2v) is 17.4. The predicted molar refractivity (Wildman–Crippen MR) is 219 cm³/mol. The summed E-state index contributed by atoms with van der Waals surface area (Å²) >= 11 is 0. The maximum absolute atomic E-state index is 6.93. The molecule has 0 amide bonds. The minimum atomic E-state index is -2.85. The summed E-state index contributed by atoms with van der Waals surface area (Å²) in [6.07, 6.45) is 0. The molecule has 0 saturated carbocycles. The average molecular weight is 681 g/mol. The fourth-order valence-electron chi connectivity index (χ4n) is 8.91. The fourth-order valence-corrected chi connectivity index (χ4v) is 13.8. The highest BCUT2D eigenvalue weighted by molar-refractivity contribution is 7.20. The van der Waals surface area contributed by atoms with Crippen LogP contribution in [0.1, 0.15) is 0 Å². The van der Waals surface area contributed by atoms with Gasteiger partial charge in [0.2, 0.25) is 0 Å². The Labute approximate surface area is 302 Å². The molecule has 8 aromatic carbocycles. The third kappa shape index (κ3) is 4.01. The molecular formula is C48H32N2OSi. The maximum Gasteiger partial charge on any atom is 0.188 e. The van der Waals surface area contributed by atoms with Crippen LogP contribution in [0.3, 0.4) is 0 Å². The second-order valence-electron chi connectivity index (χ2n) is 13.7. The van der Waals surface area contributed by atoms with Gasteiger partial charge in [0, 0.05) is 39.0 Å². The van der Waals surface area contributed by atoms with Crippen molar-refractivity contribution in [1.29, 1.82) is 0 Å². The molecule has 3 nitrogen and oxygen atoms in total. The number of fused-ring (bicyclic) bond motifs is 8. The molecule has 1 aliphatic rings. The smallest absolute Gasteiger partial charge is 0.188 e. The Morgan fingerprint density at radius 1 is 0.327 bits per heavy atom. The Kier molecular flexibility index (Phi) is 6.27. The molecule has 52 heavy (non-hydrogen) atoms. The number of hydrogen-bond donors (Lipinski definition) is 0. The van der Waals surface area contributed by atoms with E-state index in [0.29, 0.717) is 0 Å². The van der Waals surface area contributed by atoms with Crippen molar-refractivity contribution in [3.8, 4) is 22.9 Å². The van der Waals surface area contributed by atoms with Crippen molar-refractivity contribution < 1.29 is 4.74 Å². The topological polar surface area (TPSA) is 19.1 Å². The van der Waals surface area contributed by atoms with E-state index in [4.69, 9.17) is 4.74 Å². The molecule has 0 aliphatic carbocycles. The first kappa shape index (κ1) is 29.1. The van der Waals surface area contributed by atoms with Gasteiger partial charge in [-0.2, -0.15) is 0 Å². The van der Waals surface area contributed by atoms with E-state index < -0.39 is 8.07 Å². The Hall–Kier alpha value is -6.62. The molecule has 11 rings (SSSR count). The summed E-state index contributed by atoms with van der Waals surface area (Å²) in [4.78, 5) is 0. The van der Waals surface area contributed by atoms with Gasteiger partial charge in [0.05, 0.1) is 22.1 Å². The van der Waals surface area contributed by atoms with Gasteiger partial charge in [-0.1, -0.05) is 140 Å². The number of ether oxygens (including phenoxy) is 1. The lowest BCUT2D eigenvalue weighted by molar-refractivity contribution is 0.487. The van der Waals surface area contributed by atoms with Crippen LogP contribution in [0.4, 0.5) is 0 Å². The van der Waals surface area contributed by atoms with Gasteiger partial charge < -0.3 is 13.9 Å². The van der Waals surface area contributed by atoms with Gasteiger partial charge in [0.1, 0.15) is 11.5 Å². The summed E-state index contributed by atoms with van der Waals surface area (Å²) < 4.78 is 11.7. The molecule has 0 radical (unpaired) electrons. The second kappa shape index (κ2) is 11.2. The third-order valence-corrected chi connectivity index (χ3v) is 15.9. The van der Waals surface area contributed by atoms with Crippen molar-refractivity contribution in [2.24, 2.45) is 0 Å². The standard InChI is InChI=1S/C48H32N2OSi/c1-2-14-35(15-3-1)52(36-29-26-33(27-30-36)49-41-20-8-4-16-37(41)38-17-5-9-21-42(38)49)47-25-13-12-24-45(47)51-46-32-34(28-31-48(46)52)50-43-22-10-6-18-39(43)40-19-7-11-23-44(40)50/h1-32H. The molecule has 0 bridgehead atoms. The van der Waals surface area contributed by atoms with Crippen LogP contribution in [-0.2, 0) is 0 Å². The van der Waals surface area contributed by atoms with Gasteiger partial charge in [-0.05, 0) is 69.3 Å². The van der Waals surface area contributed by atoms with Crippen LogP contribution in [0.5, 0.6) is 11.5 Å². The molecule has 1 unspecified atom stereocenters. The molecule has 4 heteroatoms. The van der Waals surface area contributed by atoms with Crippen LogP contribution in [0, 0.1) is 0 Å². The number of aromatic nitrogens is 2. The van der Waals surface area contributed by atoms with E-state index in [0.717, 1.165) is 22.9 Å². The largest absolute Gasteiger partial charge is 0.457 e. The lowest BCUT2D eigenvalue weighted by Gasteiger charge is -2.39. The highest BCUT2D eigenvalue weighted by Crippen LogP contribution is 2.36. The first-order valence-electron chi connectivity index (χ1n) is 17.9. The Bertz CT molecular complexity index is 2890. The highest BCUT2D eigenvalue weighted by Gasteiger charge is 2.48. The molecule has 0 spiro atoms. The minimum Gasteiger partial charge on any atom is -0.457 e. The van der Waals surface area contributed by atoms with E-state index in [1.807, 2.05) is 0 Å². The summed E-state index contributed by atoms with van der Waals surface area (Å²) in [6.45, 7) is 0. The van der Waals surface area contributed by atoms with Gasteiger partial charge in [-0.3, -0.25) is 0 Å². The van der Waals surface area contributed by atoms with Crippen molar-refractivity contribution in [3.05, 3.63) is 194 Å². The monoisotopic (exact) mass is 680 g/mol. The van der Waals surface area contributed by atoms with E-state index in [9.17, 15) is 0 Å². The van der Waals surface area contributed by atoms with Crippen LogP contribution in [0.15, 0.2) is 194 Å². The van der Waals surface area contributed by atoms with Gasteiger partial charge >= 0.3 is 0 Å². The normalized spacial score (nSPS) is 15.2. The van der Waals surface area contributed by atoms with Crippen LogP contribution in [0.2, 0.25) is 0 Å². The molecule has 0 N–H and O–H groups in total. The number of hydrogen-bond acceptors (Lipinski definition) is 1. The van der Waals surface area contributed by atoms with Crippen molar-refractivity contribution in [3.63, 3.8) is 0 Å². The molecule has 1 atom stereocenters. The van der Waals surface area contributed by atoms with Crippen LogP contribution >= 0.6 is 0 Å². The first-order chi connectivity index (χ1) is 25.8. The van der Waals surface area contributed by atoms with E-state index in [-0.39, 0.29) is 0 Å². The molecule has 1 aliphatic heterocycles. The Morgan fingerprint density at radius 3 is 1.33 bits per heavy atom. The minimum absolute atomic E-state index is 0.917. The first-order valence-corrected chi connectivity index (χ1v) is 19.9. The maximum atomic E-state index is 6.93. The van der Waals surface area contributed by atoms with Crippen molar-refractivity contribution in [1.82, 2.24) is 9.13 Å². The highest BCUT2D eigenvalue weighted by atomic mass is 28.3. The molecule has 0 saturated heterocycles. The summed E-state index contributed by atoms with van der Waals surface area (Å²) in [7, 11) is -2.85. The number of benzene rings is 8. The van der Waals surface area contributed by atoms with Gasteiger partial charge in [-0.25, -0.2) is 0 Å². The predicted octanol–water partition coefficient (Wildman–Crippen LogP) is 9.36. The zero-order valence-corrected chi connectivity index (χ0v) is 29.3. The van der Waals surface area contributed by atoms with E-state index in [2.05, 4.69) is 203 Å². The molecular weight excluding hydrogens is 649 g/mol. The van der Waals surface area contributed by atoms with E-state index in [1.54, 1.807) is 0 Å². The molecule has 3 heterocycles. The molecule has 10 aromatic rings. The van der Waals surface area contributed by atoms with Crippen LogP contribution in [0.25, 0.3) is 55.0 Å². The molecule has 244 valence electrons. The third-order valence-electron chi connectivity index (χ3n) is 11.1. The van der Waals surface area contributed by atoms with Crippen LogP contribution < -0.4 is 25.5 Å². The van der Waals surface area contributed by atoms with Crippen molar-refractivity contribution >= 4 is 72.4 Å². The van der Waals surface area contributed by atoms with Gasteiger partial charge in [0.15, 0.2) is 8.07 Å². The summed E-state index contributed by atoms with van der Waals surface area (Å²) in [6, 6.07) is 70.9. The quantitative estimate of drug-likeness (QED) is 0.170. The summed E-state index contributed by atoms with van der Waals surface area (Å²) in [5, 5.41) is 10.2.